The van der Waals surface area contributed by atoms with E-state index < -0.39 is 11.6 Å². The van der Waals surface area contributed by atoms with Gasteiger partial charge < -0.3 is 5.73 Å². The van der Waals surface area contributed by atoms with Crippen LogP contribution in [0.3, 0.4) is 0 Å². The fraction of sp³-hybridized carbons (Fsp3) is 0.286. The van der Waals surface area contributed by atoms with E-state index in [9.17, 15) is 8.78 Å². The molecule has 1 fully saturated rings. The second-order valence-corrected chi connectivity index (χ2v) is 5.72. The zero-order valence-electron chi connectivity index (χ0n) is 9.75. The second kappa shape index (κ2) is 4.14. The van der Waals surface area contributed by atoms with Crippen molar-refractivity contribution in [1.82, 2.24) is 0 Å². The van der Waals surface area contributed by atoms with Crippen LogP contribution >= 0.6 is 11.3 Å². The monoisotopic (exact) mass is 265 g/mol. The summed E-state index contributed by atoms with van der Waals surface area (Å²) in [6.07, 6.45) is 2.21. The Hall–Kier alpha value is -1.26. The van der Waals surface area contributed by atoms with Crippen LogP contribution in [0.15, 0.2) is 29.6 Å². The van der Waals surface area contributed by atoms with Crippen molar-refractivity contribution in [3.8, 4) is 10.4 Å². The summed E-state index contributed by atoms with van der Waals surface area (Å²) < 4.78 is 26.6. The van der Waals surface area contributed by atoms with Gasteiger partial charge in [-0.05, 0) is 42.0 Å². The highest BCUT2D eigenvalue weighted by atomic mass is 32.1. The summed E-state index contributed by atoms with van der Waals surface area (Å²) in [5, 5.41) is 2.04. The number of hydrogen-bond donors (Lipinski definition) is 1. The van der Waals surface area contributed by atoms with E-state index >= 15 is 0 Å². The van der Waals surface area contributed by atoms with Crippen LogP contribution in [0, 0.1) is 11.6 Å². The Kier molecular flexibility index (Phi) is 2.72. The lowest BCUT2D eigenvalue weighted by Crippen LogP contribution is -2.18. The molecule has 94 valence electrons. The molecule has 0 bridgehead atoms. The summed E-state index contributed by atoms with van der Waals surface area (Å²) in [7, 11) is 0. The van der Waals surface area contributed by atoms with Gasteiger partial charge in [0.2, 0.25) is 0 Å². The van der Waals surface area contributed by atoms with Crippen LogP contribution in [-0.2, 0) is 5.41 Å². The largest absolute Gasteiger partial charge is 0.330 e. The third kappa shape index (κ3) is 1.85. The number of nitrogens with two attached hydrogens (primary N) is 1. The van der Waals surface area contributed by atoms with Crippen LogP contribution < -0.4 is 5.73 Å². The van der Waals surface area contributed by atoms with Crippen molar-refractivity contribution in [2.75, 3.05) is 6.54 Å². The van der Waals surface area contributed by atoms with E-state index in [-0.39, 0.29) is 5.41 Å². The second-order valence-electron chi connectivity index (χ2n) is 4.81. The van der Waals surface area contributed by atoms with Gasteiger partial charge in [0.25, 0.3) is 0 Å². The Morgan fingerprint density at radius 1 is 1.22 bits per heavy atom. The summed E-state index contributed by atoms with van der Waals surface area (Å²) >= 11 is 1.49. The molecule has 2 N–H and O–H groups in total. The fourth-order valence-electron chi connectivity index (χ4n) is 2.21. The van der Waals surface area contributed by atoms with Crippen molar-refractivity contribution in [3.05, 3.63) is 46.8 Å². The third-order valence-corrected chi connectivity index (χ3v) is 4.62. The molecule has 1 saturated carbocycles. The Morgan fingerprint density at radius 3 is 2.61 bits per heavy atom. The average Bonchev–Trinajstić information content (AvgIpc) is 3.00. The smallest absolute Gasteiger partial charge is 0.134 e. The molecule has 0 saturated heterocycles. The van der Waals surface area contributed by atoms with Crippen LogP contribution in [0.1, 0.15) is 18.4 Å². The predicted molar refractivity (Wildman–Crippen MR) is 69.6 cm³/mol. The number of benzene rings is 1. The SMILES string of the molecule is NCC1(c2csc(-c3ccc(F)cc3F)c2)CC1. The van der Waals surface area contributed by atoms with Crippen LogP contribution in [-0.4, -0.2) is 6.54 Å². The maximum atomic E-state index is 13.7. The lowest BCUT2D eigenvalue weighted by atomic mass is 9.98. The van der Waals surface area contributed by atoms with Gasteiger partial charge in [-0.15, -0.1) is 11.3 Å². The van der Waals surface area contributed by atoms with Crippen LogP contribution in [0.4, 0.5) is 8.78 Å². The maximum Gasteiger partial charge on any atom is 0.134 e. The molecule has 3 rings (SSSR count). The summed E-state index contributed by atoms with van der Waals surface area (Å²) in [6, 6.07) is 5.68. The Balaban J connectivity index is 1.98. The quantitative estimate of drug-likeness (QED) is 0.900. The minimum absolute atomic E-state index is 0.116. The highest BCUT2D eigenvalue weighted by Crippen LogP contribution is 2.49. The molecule has 1 nitrogen and oxygen atoms in total. The number of hydrogen-bond acceptors (Lipinski definition) is 2. The third-order valence-electron chi connectivity index (χ3n) is 3.65. The first-order valence-electron chi connectivity index (χ1n) is 5.89. The minimum atomic E-state index is -0.548. The summed E-state index contributed by atoms with van der Waals surface area (Å²) in [6.45, 7) is 0.634. The predicted octanol–water partition coefficient (Wildman–Crippen LogP) is 3.68. The first-order valence-corrected chi connectivity index (χ1v) is 6.77. The van der Waals surface area contributed by atoms with Gasteiger partial charge in [-0.3, -0.25) is 0 Å². The van der Waals surface area contributed by atoms with Gasteiger partial charge in [0.15, 0.2) is 0 Å². The molecule has 2 aromatic rings. The summed E-state index contributed by atoms with van der Waals surface area (Å²) in [5.41, 5.74) is 7.54. The van der Waals surface area contributed by atoms with Crippen LogP contribution in [0.25, 0.3) is 10.4 Å². The van der Waals surface area contributed by atoms with Gasteiger partial charge in [0, 0.05) is 28.5 Å². The van der Waals surface area contributed by atoms with Crippen molar-refractivity contribution in [2.24, 2.45) is 5.73 Å². The molecule has 0 atom stereocenters. The van der Waals surface area contributed by atoms with Crippen LogP contribution in [0.5, 0.6) is 0 Å². The molecular weight excluding hydrogens is 252 g/mol. The van der Waals surface area contributed by atoms with E-state index in [0.717, 1.165) is 23.8 Å². The molecule has 18 heavy (non-hydrogen) atoms. The van der Waals surface area contributed by atoms with Gasteiger partial charge in [0.05, 0.1) is 0 Å². The normalized spacial score (nSPS) is 16.8. The standard InChI is InChI=1S/C14H13F2NS/c15-10-1-2-11(12(16)6-10)13-5-9(7-18-13)14(8-17)3-4-14/h1-2,5-7H,3-4,8,17H2. The highest BCUT2D eigenvalue weighted by molar-refractivity contribution is 7.13. The molecule has 0 spiro atoms. The molecule has 1 aromatic carbocycles. The van der Waals surface area contributed by atoms with E-state index in [0.29, 0.717) is 12.1 Å². The molecule has 0 radical (unpaired) electrons. The molecule has 1 aromatic heterocycles. The summed E-state index contributed by atoms with van der Waals surface area (Å²) in [5.74, 6) is -1.06. The first-order chi connectivity index (χ1) is 8.64. The van der Waals surface area contributed by atoms with Crippen molar-refractivity contribution < 1.29 is 8.78 Å². The lowest BCUT2D eigenvalue weighted by molar-refractivity contribution is 0.586. The van der Waals surface area contributed by atoms with E-state index in [1.807, 2.05) is 11.4 Å². The Bertz CT molecular complexity index is 587. The van der Waals surface area contributed by atoms with Crippen LogP contribution in [0.2, 0.25) is 0 Å². The van der Waals surface area contributed by atoms with Crippen molar-refractivity contribution in [3.63, 3.8) is 0 Å². The van der Waals surface area contributed by atoms with E-state index in [2.05, 4.69) is 0 Å². The molecular formula is C14H13F2NS. The molecule has 1 aliphatic carbocycles. The van der Waals surface area contributed by atoms with Crippen molar-refractivity contribution >= 4 is 11.3 Å². The topological polar surface area (TPSA) is 26.0 Å². The fourth-order valence-corrected chi connectivity index (χ4v) is 3.27. The maximum absolute atomic E-state index is 13.7. The number of rotatable bonds is 3. The highest BCUT2D eigenvalue weighted by Gasteiger charge is 2.43. The molecule has 0 aliphatic heterocycles. The van der Waals surface area contributed by atoms with Gasteiger partial charge in [0.1, 0.15) is 11.6 Å². The van der Waals surface area contributed by atoms with Gasteiger partial charge in [-0.2, -0.15) is 0 Å². The van der Waals surface area contributed by atoms with E-state index in [1.165, 1.54) is 29.0 Å². The van der Waals surface area contributed by atoms with Crippen molar-refractivity contribution in [2.45, 2.75) is 18.3 Å². The Labute approximate surface area is 108 Å². The van der Waals surface area contributed by atoms with Crippen molar-refractivity contribution in [1.29, 1.82) is 0 Å². The zero-order chi connectivity index (χ0) is 12.8. The van der Waals surface area contributed by atoms with E-state index in [4.69, 9.17) is 5.73 Å². The Morgan fingerprint density at radius 2 is 2.00 bits per heavy atom. The van der Waals surface area contributed by atoms with E-state index in [1.54, 1.807) is 0 Å². The first kappa shape index (κ1) is 11.8. The minimum Gasteiger partial charge on any atom is -0.330 e. The average molecular weight is 265 g/mol. The molecule has 0 unspecified atom stereocenters. The lowest BCUT2D eigenvalue weighted by Gasteiger charge is -2.08. The molecule has 1 heterocycles. The zero-order valence-corrected chi connectivity index (χ0v) is 10.6. The molecule has 0 amide bonds. The molecule has 4 heteroatoms. The number of thiophene rings is 1. The number of halogens is 2. The summed E-state index contributed by atoms with van der Waals surface area (Å²) in [4.78, 5) is 0.835. The molecule has 1 aliphatic rings. The van der Waals surface area contributed by atoms with Gasteiger partial charge >= 0.3 is 0 Å². The van der Waals surface area contributed by atoms with Gasteiger partial charge in [-0.25, -0.2) is 8.78 Å². The van der Waals surface area contributed by atoms with Gasteiger partial charge in [-0.1, -0.05) is 0 Å².